The van der Waals surface area contributed by atoms with Crippen molar-refractivity contribution < 1.29 is 22.7 Å². The maximum absolute atomic E-state index is 12.5. The Bertz CT molecular complexity index is 705. The Labute approximate surface area is 128 Å². The summed E-state index contributed by atoms with van der Waals surface area (Å²) >= 11 is 5.78. The number of nitrogens with one attached hydrogen (secondary N) is 1. The molecule has 0 amide bonds. The lowest BCUT2D eigenvalue weighted by atomic mass is 10.1. The SMILES string of the molecule is CNc1cc(Cl)cnc1C(=O)c1ccccc1OC(F)(F)F. The largest absolute Gasteiger partial charge is 0.573 e. The Kier molecular flexibility index (Phi) is 4.56. The number of hydrogen-bond acceptors (Lipinski definition) is 4. The second kappa shape index (κ2) is 6.23. The molecule has 1 aromatic heterocycles. The molecule has 2 aromatic rings. The van der Waals surface area contributed by atoms with Crippen molar-refractivity contribution in [3.05, 3.63) is 52.8 Å². The van der Waals surface area contributed by atoms with E-state index in [0.717, 1.165) is 6.07 Å². The summed E-state index contributed by atoms with van der Waals surface area (Å²) in [7, 11) is 1.54. The highest BCUT2D eigenvalue weighted by atomic mass is 35.5. The van der Waals surface area contributed by atoms with Crippen LogP contribution in [0.1, 0.15) is 16.1 Å². The smallest absolute Gasteiger partial charge is 0.405 e. The van der Waals surface area contributed by atoms with Crippen molar-refractivity contribution in [3.63, 3.8) is 0 Å². The van der Waals surface area contributed by atoms with Gasteiger partial charge < -0.3 is 10.1 Å². The zero-order valence-electron chi connectivity index (χ0n) is 11.2. The molecule has 0 aliphatic carbocycles. The predicted octanol–water partition coefficient (Wildman–Crippen LogP) is 3.91. The van der Waals surface area contributed by atoms with Crippen molar-refractivity contribution in [1.82, 2.24) is 4.98 Å². The number of rotatable bonds is 4. The Morgan fingerprint density at radius 3 is 2.64 bits per heavy atom. The van der Waals surface area contributed by atoms with Gasteiger partial charge in [0.25, 0.3) is 0 Å². The third-order valence-corrected chi connectivity index (χ3v) is 2.90. The van der Waals surface area contributed by atoms with Crippen LogP contribution in [-0.2, 0) is 0 Å². The van der Waals surface area contributed by atoms with Crippen molar-refractivity contribution >= 4 is 23.1 Å². The van der Waals surface area contributed by atoms with Crippen LogP contribution in [-0.4, -0.2) is 24.2 Å². The normalized spacial score (nSPS) is 11.1. The van der Waals surface area contributed by atoms with Crippen LogP contribution in [0.4, 0.5) is 18.9 Å². The van der Waals surface area contributed by atoms with E-state index in [0.29, 0.717) is 10.7 Å². The van der Waals surface area contributed by atoms with Gasteiger partial charge in [0.05, 0.1) is 16.3 Å². The number of aromatic nitrogens is 1. The van der Waals surface area contributed by atoms with Crippen LogP contribution in [0.25, 0.3) is 0 Å². The summed E-state index contributed by atoms with van der Waals surface area (Å²) < 4.78 is 41.1. The maximum Gasteiger partial charge on any atom is 0.573 e. The first-order valence-electron chi connectivity index (χ1n) is 6.04. The van der Waals surface area contributed by atoms with E-state index in [1.165, 1.54) is 30.5 Å². The van der Waals surface area contributed by atoms with E-state index in [1.54, 1.807) is 7.05 Å². The molecule has 1 N–H and O–H groups in total. The number of hydrogen-bond donors (Lipinski definition) is 1. The zero-order chi connectivity index (χ0) is 16.3. The average Bonchev–Trinajstić information content (AvgIpc) is 2.45. The molecule has 0 fully saturated rings. The second-order valence-corrected chi connectivity index (χ2v) is 4.61. The first kappa shape index (κ1) is 16.1. The minimum absolute atomic E-state index is 0.0508. The van der Waals surface area contributed by atoms with Gasteiger partial charge in [0.2, 0.25) is 5.78 Å². The summed E-state index contributed by atoms with van der Waals surface area (Å²) in [6, 6.07) is 6.53. The highest BCUT2D eigenvalue weighted by Crippen LogP contribution is 2.29. The number of pyridine rings is 1. The van der Waals surface area contributed by atoms with Crippen molar-refractivity contribution in [2.24, 2.45) is 0 Å². The van der Waals surface area contributed by atoms with E-state index >= 15 is 0 Å². The van der Waals surface area contributed by atoms with Gasteiger partial charge in [-0.1, -0.05) is 23.7 Å². The fraction of sp³-hybridized carbons (Fsp3) is 0.143. The van der Waals surface area contributed by atoms with Gasteiger partial charge in [0.1, 0.15) is 11.4 Å². The zero-order valence-corrected chi connectivity index (χ0v) is 12.0. The molecular formula is C14H10ClF3N2O2. The van der Waals surface area contributed by atoms with Gasteiger partial charge in [-0.25, -0.2) is 4.98 Å². The van der Waals surface area contributed by atoms with E-state index in [9.17, 15) is 18.0 Å². The molecule has 0 unspecified atom stereocenters. The number of nitrogens with zero attached hydrogens (tertiary/aromatic N) is 1. The molecule has 8 heteroatoms. The lowest BCUT2D eigenvalue weighted by molar-refractivity contribution is -0.274. The van der Waals surface area contributed by atoms with Crippen molar-refractivity contribution in [1.29, 1.82) is 0 Å². The molecule has 116 valence electrons. The summed E-state index contributed by atoms with van der Waals surface area (Å²) in [4.78, 5) is 16.3. The minimum atomic E-state index is -4.89. The highest BCUT2D eigenvalue weighted by molar-refractivity contribution is 6.31. The van der Waals surface area contributed by atoms with Gasteiger partial charge in [-0.15, -0.1) is 13.2 Å². The molecule has 0 radical (unpaired) electrons. The minimum Gasteiger partial charge on any atom is -0.405 e. The van der Waals surface area contributed by atoms with Gasteiger partial charge in [-0.05, 0) is 18.2 Å². The molecule has 0 aliphatic heterocycles. The number of para-hydroxylation sites is 1. The van der Waals surface area contributed by atoms with Crippen LogP contribution >= 0.6 is 11.6 Å². The van der Waals surface area contributed by atoms with Gasteiger partial charge in [0.15, 0.2) is 0 Å². The third kappa shape index (κ3) is 3.67. The number of ether oxygens (including phenoxy) is 1. The lowest BCUT2D eigenvalue weighted by Gasteiger charge is -2.13. The van der Waals surface area contributed by atoms with Crippen LogP contribution < -0.4 is 10.1 Å². The Balaban J connectivity index is 2.46. The van der Waals surface area contributed by atoms with Gasteiger partial charge in [-0.3, -0.25) is 4.79 Å². The highest BCUT2D eigenvalue weighted by Gasteiger charge is 2.33. The number of carbonyl (C=O) groups is 1. The van der Waals surface area contributed by atoms with E-state index < -0.39 is 17.9 Å². The number of ketones is 1. The first-order chi connectivity index (χ1) is 10.3. The summed E-state index contributed by atoms with van der Waals surface area (Å²) in [5, 5.41) is 3.02. The average molecular weight is 331 g/mol. The van der Waals surface area contributed by atoms with Crippen LogP contribution in [0.3, 0.4) is 0 Å². The van der Waals surface area contributed by atoms with Gasteiger partial charge in [0, 0.05) is 13.2 Å². The van der Waals surface area contributed by atoms with E-state index in [2.05, 4.69) is 15.0 Å². The molecule has 1 aromatic carbocycles. The molecule has 1 heterocycles. The Morgan fingerprint density at radius 2 is 2.00 bits per heavy atom. The predicted molar refractivity (Wildman–Crippen MR) is 75.4 cm³/mol. The van der Waals surface area contributed by atoms with Crippen molar-refractivity contribution in [3.8, 4) is 5.75 Å². The summed E-state index contributed by atoms with van der Waals surface area (Å²) in [6.07, 6.45) is -3.65. The third-order valence-electron chi connectivity index (χ3n) is 2.70. The van der Waals surface area contributed by atoms with Crippen molar-refractivity contribution in [2.75, 3.05) is 12.4 Å². The lowest BCUT2D eigenvalue weighted by Crippen LogP contribution is -2.19. The monoisotopic (exact) mass is 330 g/mol. The van der Waals surface area contributed by atoms with Crippen molar-refractivity contribution in [2.45, 2.75) is 6.36 Å². The molecule has 0 bridgehead atoms. The van der Waals surface area contributed by atoms with Crippen LogP contribution in [0, 0.1) is 0 Å². The van der Waals surface area contributed by atoms with E-state index in [1.807, 2.05) is 0 Å². The van der Waals surface area contributed by atoms with Gasteiger partial charge in [-0.2, -0.15) is 0 Å². The summed E-state index contributed by atoms with van der Waals surface area (Å²) in [5.41, 5.74) is 0.00980. The molecule has 0 saturated heterocycles. The molecule has 4 nitrogen and oxygen atoms in total. The summed E-state index contributed by atoms with van der Waals surface area (Å²) in [5.74, 6) is -1.29. The number of carbonyl (C=O) groups excluding carboxylic acids is 1. The summed E-state index contributed by atoms with van der Waals surface area (Å²) in [6.45, 7) is 0. The van der Waals surface area contributed by atoms with Crippen LogP contribution in [0.5, 0.6) is 5.75 Å². The second-order valence-electron chi connectivity index (χ2n) is 4.17. The molecule has 0 atom stereocenters. The maximum atomic E-state index is 12.5. The van der Waals surface area contributed by atoms with Crippen LogP contribution in [0.15, 0.2) is 36.5 Å². The molecule has 2 rings (SSSR count). The quantitative estimate of drug-likeness (QED) is 0.864. The number of benzene rings is 1. The molecule has 0 saturated carbocycles. The van der Waals surface area contributed by atoms with E-state index in [4.69, 9.17) is 11.6 Å². The number of alkyl halides is 3. The molecule has 22 heavy (non-hydrogen) atoms. The molecular weight excluding hydrogens is 321 g/mol. The Morgan fingerprint density at radius 1 is 1.32 bits per heavy atom. The standard InChI is InChI=1S/C14H10ClF3N2O2/c1-19-10-6-8(15)7-20-12(10)13(21)9-4-2-3-5-11(9)22-14(16,17)18/h2-7,19H,1H3. The molecule has 0 spiro atoms. The fourth-order valence-corrected chi connectivity index (χ4v) is 1.96. The number of anilines is 1. The van der Waals surface area contributed by atoms with E-state index in [-0.39, 0.29) is 11.3 Å². The molecule has 0 aliphatic rings. The Hall–Kier alpha value is -2.28. The fourth-order valence-electron chi connectivity index (χ4n) is 1.81. The number of halogens is 4. The topological polar surface area (TPSA) is 51.2 Å². The van der Waals surface area contributed by atoms with Gasteiger partial charge >= 0.3 is 6.36 Å². The van der Waals surface area contributed by atoms with Crippen LogP contribution in [0.2, 0.25) is 5.02 Å². The first-order valence-corrected chi connectivity index (χ1v) is 6.42.